The van der Waals surface area contributed by atoms with Crippen LogP contribution in [0, 0.1) is 17.8 Å². The van der Waals surface area contributed by atoms with Crippen molar-refractivity contribution in [3.63, 3.8) is 0 Å². The number of carbonyl (C=O) groups excluding carboxylic acids is 3. The number of rotatable bonds is 14. The number of aromatic nitrogens is 4. The predicted molar refractivity (Wildman–Crippen MR) is 249 cm³/mol. The standard InChI is InChI=1S/C50H70N8O6/c1-31(2)26-37(30-58(47(61)62)49(5,6)7)45(59)56-24-12-14-40(56)43-51-28-38(53-43)35-20-16-33(17-21-35)34-18-22-36(23-19-34)39-29-52-44(54-39)41-15-13-25-57(41)46(60)42(27-32(3)4)55(11)48(63)64-50(8,9)10/h16-23,28-29,31-32,37,40-42H,12-15,24-27,30H2,1-11H3,(H,51,53)(H,52,54)(H,61,62)/t37-,40-,41-,42-/m0/s1. The van der Waals surface area contributed by atoms with Crippen molar-refractivity contribution in [1.82, 2.24) is 39.5 Å². The molecule has 2 aromatic heterocycles. The summed E-state index contributed by atoms with van der Waals surface area (Å²) in [5.41, 5.74) is 4.40. The summed E-state index contributed by atoms with van der Waals surface area (Å²) in [5.74, 6) is 1.35. The van der Waals surface area contributed by atoms with E-state index in [0.29, 0.717) is 25.9 Å². The van der Waals surface area contributed by atoms with Crippen LogP contribution in [0.1, 0.15) is 131 Å². The summed E-state index contributed by atoms with van der Waals surface area (Å²) in [7, 11) is 1.65. The van der Waals surface area contributed by atoms with Crippen LogP contribution in [0.3, 0.4) is 0 Å². The molecule has 0 bridgehead atoms. The van der Waals surface area contributed by atoms with Crippen molar-refractivity contribution in [2.24, 2.45) is 17.8 Å². The van der Waals surface area contributed by atoms with E-state index in [9.17, 15) is 24.3 Å². The summed E-state index contributed by atoms with van der Waals surface area (Å²) in [6.45, 7) is 20.7. The first-order chi connectivity index (χ1) is 30.1. The average Bonchev–Trinajstić information content (AvgIpc) is 4.06. The average molecular weight is 879 g/mol. The number of carboxylic acid groups (broad SMARTS) is 1. The van der Waals surface area contributed by atoms with Gasteiger partial charge in [-0.1, -0.05) is 76.2 Å². The molecule has 0 unspecified atom stereocenters. The molecule has 4 amide bonds. The molecule has 4 heterocycles. The molecule has 0 radical (unpaired) electrons. The molecule has 0 spiro atoms. The van der Waals surface area contributed by atoms with E-state index in [1.54, 1.807) is 7.05 Å². The zero-order chi connectivity index (χ0) is 46.7. The number of nitrogens with one attached hydrogen (secondary N) is 2. The summed E-state index contributed by atoms with van der Waals surface area (Å²) in [4.78, 5) is 76.7. The van der Waals surface area contributed by atoms with Gasteiger partial charge < -0.3 is 34.5 Å². The van der Waals surface area contributed by atoms with E-state index < -0.39 is 35.3 Å². The molecule has 2 fully saturated rings. The number of carbonyl (C=O) groups is 4. The quantitative estimate of drug-likeness (QED) is 0.112. The van der Waals surface area contributed by atoms with Gasteiger partial charge >= 0.3 is 12.2 Å². The molecule has 2 aromatic carbocycles. The Morgan fingerprint density at radius 1 is 0.781 bits per heavy atom. The largest absolute Gasteiger partial charge is 0.465 e. The molecule has 4 atom stereocenters. The fourth-order valence-corrected chi connectivity index (χ4v) is 9.05. The molecular weight excluding hydrogens is 809 g/mol. The van der Waals surface area contributed by atoms with Crippen LogP contribution in [0.4, 0.5) is 9.59 Å². The number of imidazole rings is 2. The van der Waals surface area contributed by atoms with Crippen LogP contribution in [0.15, 0.2) is 60.9 Å². The number of H-pyrrole nitrogens is 2. The number of aromatic amines is 2. The van der Waals surface area contributed by atoms with E-state index in [-0.39, 0.29) is 42.3 Å². The van der Waals surface area contributed by atoms with Gasteiger partial charge in [-0.3, -0.25) is 14.5 Å². The van der Waals surface area contributed by atoms with Crippen molar-refractivity contribution in [3.8, 4) is 33.6 Å². The Bertz CT molecular complexity index is 2230. The van der Waals surface area contributed by atoms with Gasteiger partial charge in [0.05, 0.1) is 35.6 Å². The minimum absolute atomic E-state index is 0.0168. The molecule has 3 N–H and O–H groups in total. The van der Waals surface area contributed by atoms with Crippen LogP contribution >= 0.6 is 0 Å². The molecule has 2 aliphatic rings. The SMILES string of the molecule is CC(C)C[C@@H](CN(C(=O)O)C(C)(C)C)C(=O)N1CCC[C@H]1c1ncc(-c2ccc(-c3ccc(-c4c[nH]c([C@@H]5CCCN5C(=O)[C@H](CC(C)C)N(C)C(=O)OC(C)(C)C)n4)cc3)cc2)[nH]1. The molecule has 2 saturated heterocycles. The van der Waals surface area contributed by atoms with E-state index in [0.717, 1.165) is 71.0 Å². The first-order valence-electron chi connectivity index (χ1n) is 23.0. The summed E-state index contributed by atoms with van der Waals surface area (Å²) < 4.78 is 5.63. The van der Waals surface area contributed by atoms with Crippen LogP contribution in [0.25, 0.3) is 33.6 Å². The van der Waals surface area contributed by atoms with Crippen molar-refractivity contribution < 1.29 is 29.0 Å². The fraction of sp³-hybridized carbons (Fsp3) is 0.560. The van der Waals surface area contributed by atoms with E-state index >= 15 is 0 Å². The van der Waals surface area contributed by atoms with Gasteiger partial charge in [0.25, 0.3) is 0 Å². The van der Waals surface area contributed by atoms with Crippen LogP contribution in [-0.4, -0.2) is 113 Å². The Morgan fingerprint density at radius 2 is 1.31 bits per heavy atom. The van der Waals surface area contributed by atoms with Gasteiger partial charge in [0, 0.05) is 44.0 Å². The fourth-order valence-electron chi connectivity index (χ4n) is 9.05. The lowest BCUT2D eigenvalue weighted by atomic mass is 9.93. The van der Waals surface area contributed by atoms with Gasteiger partial charge in [0.15, 0.2) is 0 Å². The normalized spacial score (nSPS) is 17.8. The molecule has 346 valence electrons. The molecule has 2 aliphatic heterocycles. The maximum atomic E-state index is 14.1. The zero-order valence-corrected chi connectivity index (χ0v) is 39.8. The predicted octanol–water partition coefficient (Wildman–Crippen LogP) is 10.2. The number of hydrogen-bond acceptors (Lipinski definition) is 7. The summed E-state index contributed by atoms with van der Waals surface area (Å²) in [6.07, 6.45) is 6.59. The number of likely N-dealkylation sites (tertiary alicyclic amines) is 2. The second-order valence-electron chi connectivity index (χ2n) is 20.5. The van der Waals surface area contributed by atoms with Gasteiger partial charge in [0.1, 0.15) is 23.3 Å². The first kappa shape index (κ1) is 47.8. The van der Waals surface area contributed by atoms with Crippen molar-refractivity contribution in [2.75, 3.05) is 26.7 Å². The minimum Gasteiger partial charge on any atom is -0.465 e. The highest BCUT2D eigenvalue weighted by atomic mass is 16.6. The molecule has 4 aromatic rings. The number of nitrogens with zero attached hydrogens (tertiary/aromatic N) is 6. The molecule has 0 aliphatic carbocycles. The topological polar surface area (TPSA) is 168 Å². The molecule has 14 nitrogen and oxygen atoms in total. The Morgan fingerprint density at radius 3 is 1.84 bits per heavy atom. The van der Waals surface area contributed by atoms with Crippen molar-refractivity contribution in [2.45, 2.75) is 137 Å². The second-order valence-corrected chi connectivity index (χ2v) is 20.5. The van der Waals surface area contributed by atoms with Crippen LogP contribution in [-0.2, 0) is 14.3 Å². The van der Waals surface area contributed by atoms with Gasteiger partial charge in [0.2, 0.25) is 11.8 Å². The van der Waals surface area contributed by atoms with Crippen LogP contribution in [0.5, 0.6) is 0 Å². The molecule has 6 rings (SSSR count). The molecule has 14 heteroatoms. The highest BCUT2D eigenvalue weighted by Crippen LogP contribution is 2.36. The number of hydrogen-bond donors (Lipinski definition) is 3. The summed E-state index contributed by atoms with van der Waals surface area (Å²) >= 11 is 0. The number of benzene rings is 2. The third kappa shape index (κ3) is 11.3. The number of ether oxygens (including phenoxy) is 1. The number of likely N-dealkylation sites (N-methyl/N-ethyl adjacent to an activating group) is 1. The van der Waals surface area contributed by atoms with Crippen molar-refractivity contribution >= 4 is 24.0 Å². The summed E-state index contributed by atoms with van der Waals surface area (Å²) in [6, 6.07) is 15.5. The highest BCUT2D eigenvalue weighted by Gasteiger charge is 2.41. The Kier molecular flexibility index (Phi) is 14.6. The third-order valence-electron chi connectivity index (χ3n) is 12.3. The maximum Gasteiger partial charge on any atom is 0.410 e. The second kappa shape index (κ2) is 19.6. The Hall–Kier alpha value is -5.66. The van der Waals surface area contributed by atoms with Crippen molar-refractivity contribution in [3.05, 3.63) is 72.6 Å². The molecule has 0 saturated carbocycles. The van der Waals surface area contributed by atoms with E-state index in [1.807, 2.05) is 63.7 Å². The van der Waals surface area contributed by atoms with Gasteiger partial charge in [-0.25, -0.2) is 19.6 Å². The van der Waals surface area contributed by atoms with E-state index in [2.05, 4.69) is 86.2 Å². The van der Waals surface area contributed by atoms with Crippen molar-refractivity contribution in [1.29, 1.82) is 0 Å². The van der Waals surface area contributed by atoms with Crippen LogP contribution in [0.2, 0.25) is 0 Å². The first-order valence-corrected chi connectivity index (χ1v) is 23.0. The number of amides is 4. The molecule has 64 heavy (non-hydrogen) atoms. The maximum absolute atomic E-state index is 14.1. The lowest BCUT2D eigenvalue weighted by Crippen LogP contribution is -2.51. The molecular formula is C50H70N8O6. The monoisotopic (exact) mass is 879 g/mol. The smallest absolute Gasteiger partial charge is 0.410 e. The zero-order valence-electron chi connectivity index (χ0n) is 39.8. The summed E-state index contributed by atoms with van der Waals surface area (Å²) in [5, 5.41) is 10.00. The van der Waals surface area contributed by atoms with E-state index in [4.69, 9.17) is 14.7 Å². The minimum atomic E-state index is -1.02. The lowest BCUT2D eigenvalue weighted by molar-refractivity contribution is -0.138. The Labute approximate surface area is 379 Å². The van der Waals surface area contributed by atoms with Gasteiger partial charge in [-0.15, -0.1) is 0 Å². The Balaban J connectivity index is 1.11. The van der Waals surface area contributed by atoms with Gasteiger partial charge in [-0.05, 0) is 109 Å². The van der Waals surface area contributed by atoms with Gasteiger partial charge in [-0.2, -0.15) is 0 Å². The lowest BCUT2D eigenvalue weighted by Gasteiger charge is -2.37. The highest BCUT2D eigenvalue weighted by molar-refractivity contribution is 5.86. The van der Waals surface area contributed by atoms with Crippen LogP contribution < -0.4 is 0 Å². The van der Waals surface area contributed by atoms with E-state index in [1.165, 1.54) is 9.80 Å². The third-order valence-corrected chi connectivity index (χ3v) is 12.3.